The van der Waals surface area contributed by atoms with Crippen LogP contribution >= 0.6 is 0 Å². The summed E-state index contributed by atoms with van der Waals surface area (Å²) < 4.78 is 5.48. The van der Waals surface area contributed by atoms with Gasteiger partial charge in [-0.1, -0.05) is 17.7 Å². The molecule has 98 valence electrons. The van der Waals surface area contributed by atoms with E-state index in [1.807, 2.05) is 31.2 Å². The summed E-state index contributed by atoms with van der Waals surface area (Å²) >= 11 is 0. The number of carbonyl (C=O) groups is 1. The number of hydrogen-bond donors (Lipinski definition) is 2. The molecule has 5 nitrogen and oxygen atoms in total. The third-order valence-corrected chi connectivity index (χ3v) is 2.58. The normalized spacial score (nSPS) is 10.2. The highest BCUT2D eigenvalue weighted by Gasteiger charge is 2.11. The number of aryl methyl sites for hydroxylation is 1. The molecule has 0 amide bonds. The number of rotatable bonds is 4. The van der Waals surface area contributed by atoms with E-state index < -0.39 is 5.97 Å². The number of pyridine rings is 1. The summed E-state index contributed by atoms with van der Waals surface area (Å²) in [7, 11) is 0. The Bertz CT molecular complexity index is 593. The van der Waals surface area contributed by atoms with Gasteiger partial charge in [-0.15, -0.1) is 0 Å². The van der Waals surface area contributed by atoms with Gasteiger partial charge in [0.2, 0.25) is 0 Å². The lowest BCUT2D eigenvalue weighted by Crippen LogP contribution is -2.03. The summed E-state index contributed by atoms with van der Waals surface area (Å²) in [6, 6.07) is 8.79. The fourth-order valence-corrected chi connectivity index (χ4v) is 1.53. The van der Waals surface area contributed by atoms with Crippen LogP contribution in [-0.4, -0.2) is 21.2 Å². The van der Waals surface area contributed by atoms with Gasteiger partial charge in [0.05, 0.1) is 11.9 Å². The molecule has 1 heterocycles. The topological polar surface area (TPSA) is 79.7 Å². The zero-order valence-corrected chi connectivity index (χ0v) is 10.3. The Kier molecular flexibility index (Phi) is 3.66. The van der Waals surface area contributed by atoms with Gasteiger partial charge in [-0.25, -0.2) is 4.79 Å². The first-order valence-corrected chi connectivity index (χ1v) is 5.67. The number of aromatic carboxylic acids is 1. The maximum absolute atomic E-state index is 10.9. The van der Waals surface area contributed by atoms with Crippen LogP contribution < -0.4 is 4.74 Å². The van der Waals surface area contributed by atoms with Crippen molar-refractivity contribution < 1.29 is 19.7 Å². The molecule has 0 radical (unpaired) electrons. The lowest BCUT2D eigenvalue weighted by atomic mass is 10.2. The average Bonchev–Trinajstić information content (AvgIpc) is 2.39. The van der Waals surface area contributed by atoms with E-state index in [0.717, 1.165) is 11.8 Å². The van der Waals surface area contributed by atoms with E-state index in [1.165, 1.54) is 6.07 Å². The molecular weight excluding hydrogens is 246 g/mol. The Balaban J connectivity index is 2.09. The molecule has 5 heteroatoms. The highest BCUT2D eigenvalue weighted by Crippen LogP contribution is 2.18. The lowest BCUT2D eigenvalue weighted by Gasteiger charge is -2.07. The molecule has 2 N–H and O–H groups in total. The second kappa shape index (κ2) is 5.39. The zero-order chi connectivity index (χ0) is 13.8. The van der Waals surface area contributed by atoms with Crippen LogP contribution in [0.25, 0.3) is 0 Å². The van der Waals surface area contributed by atoms with Gasteiger partial charge in [-0.05, 0) is 25.1 Å². The molecule has 0 aliphatic rings. The molecule has 2 aromatic rings. The number of ether oxygens (including phenoxy) is 1. The van der Waals surface area contributed by atoms with Gasteiger partial charge in [0.1, 0.15) is 23.7 Å². The van der Waals surface area contributed by atoms with Crippen LogP contribution in [0.5, 0.6) is 11.5 Å². The minimum atomic E-state index is -1.20. The molecule has 0 aliphatic heterocycles. The standard InChI is InChI=1S/C14H13NO4/c1-9-2-4-11(5-3-9)19-8-10-6-12(14(17)18)13(16)7-15-10/h2-7,16H,8H2,1H3,(H,17,18). The summed E-state index contributed by atoms with van der Waals surface area (Å²) in [5, 5.41) is 18.2. The molecule has 0 saturated heterocycles. The molecule has 1 aromatic carbocycles. The van der Waals surface area contributed by atoms with E-state index in [9.17, 15) is 9.90 Å². The van der Waals surface area contributed by atoms with Crippen molar-refractivity contribution >= 4 is 5.97 Å². The van der Waals surface area contributed by atoms with E-state index in [4.69, 9.17) is 9.84 Å². The first-order valence-electron chi connectivity index (χ1n) is 5.67. The van der Waals surface area contributed by atoms with Crippen molar-refractivity contribution in [2.75, 3.05) is 0 Å². The molecule has 0 fully saturated rings. The minimum absolute atomic E-state index is 0.142. The predicted molar refractivity (Wildman–Crippen MR) is 68.4 cm³/mol. The van der Waals surface area contributed by atoms with Crippen molar-refractivity contribution in [3.8, 4) is 11.5 Å². The van der Waals surface area contributed by atoms with Crippen LogP contribution in [0.15, 0.2) is 36.5 Å². The number of nitrogens with zero attached hydrogens (tertiary/aromatic N) is 1. The van der Waals surface area contributed by atoms with Crippen LogP contribution in [0.2, 0.25) is 0 Å². The van der Waals surface area contributed by atoms with Crippen molar-refractivity contribution in [3.05, 3.63) is 53.3 Å². The first-order chi connectivity index (χ1) is 9.06. The zero-order valence-electron chi connectivity index (χ0n) is 10.3. The van der Waals surface area contributed by atoms with Gasteiger partial charge < -0.3 is 14.9 Å². The first kappa shape index (κ1) is 12.9. The lowest BCUT2D eigenvalue weighted by molar-refractivity contribution is 0.0693. The SMILES string of the molecule is Cc1ccc(OCc2cc(C(=O)O)c(O)cn2)cc1. The quantitative estimate of drug-likeness (QED) is 0.881. The second-order valence-corrected chi connectivity index (χ2v) is 4.10. The average molecular weight is 259 g/mol. The van der Waals surface area contributed by atoms with Crippen molar-refractivity contribution in [2.45, 2.75) is 13.5 Å². The summed E-state index contributed by atoms with van der Waals surface area (Å²) in [6.45, 7) is 2.12. The van der Waals surface area contributed by atoms with Crippen LogP contribution in [-0.2, 0) is 6.61 Å². The van der Waals surface area contributed by atoms with Gasteiger partial charge in [0, 0.05) is 0 Å². The fraction of sp³-hybridized carbons (Fsp3) is 0.143. The molecule has 0 atom stereocenters. The Morgan fingerprint density at radius 3 is 2.63 bits per heavy atom. The number of aromatic hydroxyl groups is 1. The van der Waals surface area contributed by atoms with E-state index in [1.54, 1.807) is 0 Å². The molecule has 0 aliphatic carbocycles. The molecule has 0 unspecified atom stereocenters. The minimum Gasteiger partial charge on any atom is -0.505 e. The van der Waals surface area contributed by atoms with Crippen LogP contribution in [0.3, 0.4) is 0 Å². The van der Waals surface area contributed by atoms with Crippen LogP contribution in [0.4, 0.5) is 0 Å². The van der Waals surface area contributed by atoms with E-state index >= 15 is 0 Å². The van der Waals surface area contributed by atoms with E-state index in [2.05, 4.69) is 4.98 Å². The number of carboxylic acid groups (broad SMARTS) is 1. The maximum Gasteiger partial charge on any atom is 0.339 e. The Morgan fingerprint density at radius 1 is 1.32 bits per heavy atom. The number of benzene rings is 1. The maximum atomic E-state index is 10.9. The molecule has 0 saturated carbocycles. The number of aromatic nitrogens is 1. The highest BCUT2D eigenvalue weighted by molar-refractivity contribution is 5.90. The molecule has 0 spiro atoms. The molecular formula is C14H13NO4. The predicted octanol–water partition coefficient (Wildman–Crippen LogP) is 2.37. The fourth-order valence-electron chi connectivity index (χ4n) is 1.53. The summed E-state index contributed by atoms with van der Waals surface area (Å²) in [5.74, 6) is -0.875. The van der Waals surface area contributed by atoms with Gasteiger partial charge in [0.25, 0.3) is 0 Å². The number of hydrogen-bond acceptors (Lipinski definition) is 4. The molecule has 19 heavy (non-hydrogen) atoms. The Hall–Kier alpha value is -2.56. The van der Waals surface area contributed by atoms with Crippen molar-refractivity contribution in [1.29, 1.82) is 0 Å². The smallest absolute Gasteiger partial charge is 0.339 e. The van der Waals surface area contributed by atoms with Crippen molar-refractivity contribution in [3.63, 3.8) is 0 Å². The van der Waals surface area contributed by atoms with Crippen molar-refractivity contribution in [2.24, 2.45) is 0 Å². The Morgan fingerprint density at radius 2 is 2.00 bits per heavy atom. The largest absolute Gasteiger partial charge is 0.505 e. The van der Waals surface area contributed by atoms with Crippen molar-refractivity contribution in [1.82, 2.24) is 4.98 Å². The number of carboxylic acids is 1. The highest BCUT2D eigenvalue weighted by atomic mass is 16.5. The Labute approximate surface area is 110 Å². The third-order valence-electron chi connectivity index (χ3n) is 2.58. The van der Waals surface area contributed by atoms with E-state index in [0.29, 0.717) is 11.4 Å². The van der Waals surface area contributed by atoms with E-state index in [-0.39, 0.29) is 17.9 Å². The molecule has 1 aromatic heterocycles. The second-order valence-electron chi connectivity index (χ2n) is 4.10. The molecule has 0 bridgehead atoms. The molecule has 2 rings (SSSR count). The third kappa shape index (κ3) is 3.22. The van der Waals surface area contributed by atoms with Crippen LogP contribution in [0.1, 0.15) is 21.6 Å². The van der Waals surface area contributed by atoms with Gasteiger partial charge in [-0.2, -0.15) is 0 Å². The summed E-state index contributed by atoms with van der Waals surface area (Å²) in [5.41, 5.74) is 1.39. The van der Waals surface area contributed by atoms with Gasteiger partial charge in [-0.3, -0.25) is 4.98 Å². The van der Waals surface area contributed by atoms with Crippen LogP contribution in [0, 0.1) is 6.92 Å². The van der Waals surface area contributed by atoms with Gasteiger partial charge >= 0.3 is 5.97 Å². The summed E-state index contributed by atoms with van der Waals surface area (Å²) in [4.78, 5) is 14.8. The monoisotopic (exact) mass is 259 g/mol. The van der Waals surface area contributed by atoms with Gasteiger partial charge in [0.15, 0.2) is 0 Å². The summed E-state index contributed by atoms with van der Waals surface area (Å²) in [6.07, 6.45) is 1.11.